The Morgan fingerprint density at radius 3 is 2.52 bits per heavy atom. The average Bonchev–Trinajstić information content (AvgIpc) is 3.16. The second-order valence-corrected chi connectivity index (χ2v) is 5.38. The van der Waals surface area contributed by atoms with E-state index in [0.717, 1.165) is 10.9 Å². The molecule has 0 N–H and O–H groups in total. The summed E-state index contributed by atoms with van der Waals surface area (Å²) in [4.78, 5) is 24.2. The van der Waals surface area contributed by atoms with Crippen molar-refractivity contribution in [2.24, 2.45) is 0 Å². The lowest BCUT2D eigenvalue weighted by Gasteiger charge is -2.05. The van der Waals surface area contributed by atoms with E-state index in [2.05, 4.69) is 0 Å². The molecule has 0 saturated carbocycles. The van der Waals surface area contributed by atoms with Crippen LogP contribution in [0.5, 0.6) is 5.75 Å². The highest BCUT2D eigenvalue weighted by molar-refractivity contribution is 5.89. The van der Waals surface area contributed by atoms with Crippen LogP contribution in [0.3, 0.4) is 0 Å². The smallest absolute Gasteiger partial charge is 0.379 e. The number of ether oxygens (including phenoxy) is 1. The molecule has 0 bridgehead atoms. The van der Waals surface area contributed by atoms with Gasteiger partial charge in [-0.15, -0.1) is 0 Å². The molecule has 0 radical (unpaired) electrons. The maximum absolute atomic E-state index is 12.3. The van der Waals surface area contributed by atoms with Crippen molar-refractivity contribution in [2.75, 3.05) is 0 Å². The number of furan rings is 1. The van der Waals surface area contributed by atoms with Crippen molar-refractivity contribution >= 4 is 16.9 Å². The Kier molecular flexibility index (Phi) is 3.67. The second-order valence-electron chi connectivity index (χ2n) is 5.38. The third kappa shape index (κ3) is 2.95. The fourth-order valence-electron chi connectivity index (χ4n) is 2.53. The predicted octanol–water partition coefficient (Wildman–Crippen LogP) is 4.27. The first-order valence-electron chi connectivity index (χ1n) is 7.60. The lowest BCUT2D eigenvalue weighted by molar-refractivity contribution is 0.0701. The molecule has 2 aromatic carbocycles. The summed E-state index contributed by atoms with van der Waals surface area (Å²) in [7, 11) is 0. The van der Waals surface area contributed by atoms with E-state index in [0.29, 0.717) is 11.1 Å². The van der Waals surface area contributed by atoms with Crippen LogP contribution < -0.4 is 10.4 Å². The Hall–Kier alpha value is -3.60. The van der Waals surface area contributed by atoms with E-state index in [-0.39, 0.29) is 11.5 Å². The van der Waals surface area contributed by atoms with Crippen LogP contribution in [0.4, 0.5) is 0 Å². The monoisotopic (exact) mass is 332 g/mol. The molecule has 25 heavy (non-hydrogen) atoms. The molecule has 4 aromatic rings. The molecule has 0 unspecified atom stereocenters. The summed E-state index contributed by atoms with van der Waals surface area (Å²) < 4.78 is 15.6. The molecule has 0 amide bonds. The van der Waals surface area contributed by atoms with Gasteiger partial charge in [-0.3, -0.25) is 0 Å². The zero-order chi connectivity index (χ0) is 17.2. The molecule has 0 saturated heterocycles. The quantitative estimate of drug-likeness (QED) is 0.318. The van der Waals surface area contributed by atoms with Crippen molar-refractivity contribution in [2.45, 2.75) is 0 Å². The predicted molar refractivity (Wildman–Crippen MR) is 91.6 cm³/mol. The Balaban J connectivity index is 1.70. The first-order chi connectivity index (χ1) is 12.2. The Labute approximate surface area is 142 Å². The van der Waals surface area contributed by atoms with Crippen LogP contribution in [0, 0.1) is 0 Å². The van der Waals surface area contributed by atoms with E-state index in [1.54, 1.807) is 24.3 Å². The number of hydrogen-bond donors (Lipinski definition) is 0. The summed E-state index contributed by atoms with van der Waals surface area (Å²) in [5.41, 5.74) is 1.16. The van der Waals surface area contributed by atoms with Crippen LogP contribution in [0.25, 0.3) is 22.1 Å². The lowest BCUT2D eigenvalue weighted by Crippen LogP contribution is -2.07. The Bertz CT molecular complexity index is 1090. The molecule has 0 aliphatic carbocycles. The Morgan fingerprint density at radius 1 is 0.920 bits per heavy atom. The van der Waals surface area contributed by atoms with Crippen LogP contribution in [-0.2, 0) is 0 Å². The highest BCUT2D eigenvalue weighted by Crippen LogP contribution is 2.24. The van der Waals surface area contributed by atoms with Gasteiger partial charge in [0.05, 0.1) is 11.8 Å². The molecule has 2 aromatic heterocycles. The minimum atomic E-state index is -0.618. The van der Waals surface area contributed by atoms with Crippen LogP contribution in [0.15, 0.2) is 86.6 Å². The highest BCUT2D eigenvalue weighted by Gasteiger charge is 2.13. The fraction of sp³-hybridized carbons (Fsp3) is 0. The Morgan fingerprint density at radius 2 is 1.76 bits per heavy atom. The number of rotatable bonds is 3. The molecule has 0 fully saturated rings. The minimum Gasteiger partial charge on any atom is -0.457 e. The van der Waals surface area contributed by atoms with Gasteiger partial charge in [0.1, 0.15) is 11.3 Å². The summed E-state index contributed by atoms with van der Waals surface area (Å²) >= 11 is 0. The van der Waals surface area contributed by atoms with Gasteiger partial charge in [-0.1, -0.05) is 30.3 Å². The maximum Gasteiger partial charge on any atom is 0.379 e. The lowest BCUT2D eigenvalue weighted by atomic mass is 10.1. The van der Waals surface area contributed by atoms with E-state index < -0.39 is 11.6 Å². The topological polar surface area (TPSA) is 69.7 Å². The molecular weight excluding hydrogens is 320 g/mol. The van der Waals surface area contributed by atoms with E-state index in [1.807, 2.05) is 30.3 Å². The molecule has 2 heterocycles. The van der Waals surface area contributed by atoms with Gasteiger partial charge in [-0.05, 0) is 35.9 Å². The normalized spacial score (nSPS) is 10.7. The number of carbonyl (C=O) groups is 1. The van der Waals surface area contributed by atoms with Gasteiger partial charge < -0.3 is 13.6 Å². The fourth-order valence-corrected chi connectivity index (χ4v) is 2.53. The second kappa shape index (κ2) is 6.13. The SMILES string of the molecule is O=C(Oc1ccc2cc(-c3ccccc3)c(=O)oc2c1)c1ccco1. The molecule has 4 rings (SSSR count). The van der Waals surface area contributed by atoms with Crippen LogP contribution in [0.2, 0.25) is 0 Å². The first kappa shape index (κ1) is 15.0. The van der Waals surface area contributed by atoms with Crippen molar-refractivity contribution < 1.29 is 18.4 Å². The summed E-state index contributed by atoms with van der Waals surface area (Å²) in [6.45, 7) is 0. The number of hydrogen-bond acceptors (Lipinski definition) is 5. The zero-order valence-electron chi connectivity index (χ0n) is 13.0. The number of carbonyl (C=O) groups excluding carboxylic acids is 1. The van der Waals surface area contributed by atoms with Crippen LogP contribution >= 0.6 is 0 Å². The zero-order valence-corrected chi connectivity index (χ0v) is 13.0. The van der Waals surface area contributed by atoms with Gasteiger partial charge in [0.15, 0.2) is 0 Å². The largest absolute Gasteiger partial charge is 0.457 e. The van der Waals surface area contributed by atoms with E-state index >= 15 is 0 Å². The molecule has 0 aliphatic heterocycles. The van der Waals surface area contributed by atoms with Crippen molar-refractivity contribution in [3.63, 3.8) is 0 Å². The number of benzene rings is 2. The average molecular weight is 332 g/mol. The van der Waals surface area contributed by atoms with Crippen LogP contribution in [0.1, 0.15) is 10.6 Å². The van der Waals surface area contributed by atoms with E-state index in [9.17, 15) is 9.59 Å². The third-order valence-electron chi connectivity index (χ3n) is 3.73. The molecule has 0 spiro atoms. The van der Waals surface area contributed by atoms with Crippen molar-refractivity contribution in [1.82, 2.24) is 0 Å². The molecule has 122 valence electrons. The summed E-state index contributed by atoms with van der Waals surface area (Å²) in [6.07, 6.45) is 1.39. The first-order valence-corrected chi connectivity index (χ1v) is 7.60. The maximum atomic E-state index is 12.3. The highest BCUT2D eigenvalue weighted by atomic mass is 16.5. The standard InChI is InChI=1S/C20H12O5/c21-19-16(13-5-2-1-3-6-13)11-14-8-9-15(12-18(14)25-19)24-20(22)17-7-4-10-23-17/h1-12H. The third-order valence-corrected chi connectivity index (χ3v) is 3.73. The molecular formula is C20H12O5. The van der Waals surface area contributed by atoms with E-state index in [1.165, 1.54) is 18.4 Å². The molecule has 5 heteroatoms. The summed E-state index contributed by atoms with van der Waals surface area (Å²) in [5.74, 6) is -0.252. The molecule has 5 nitrogen and oxygen atoms in total. The van der Waals surface area contributed by atoms with Gasteiger partial charge in [-0.25, -0.2) is 9.59 Å². The van der Waals surface area contributed by atoms with Crippen molar-refractivity contribution in [3.8, 4) is 16.9 Å². The van der Waals surface area contributed by atoms with Crippen LogP contribution in [-0.4, -0.2) is 5.97 Å². The minimum absolute atomic E-state index is 0.0981. The van der Waals surface area contributed by atoms with Crippen molar-refractivity contribution in [1.29, 1.82) is 0 Å². The number of esters is 1. The summed E-state index contributed by atoms with van der Waals surface area (Å²) in [6, 6.07) is 19.0. The summed E-state index contributed by atoms with van der Waals surface area (Å²) in [5, 5.41) is 0.733. The number of fused-ring (bicyclic) bond motifs is 1. The van der Waals surface area contributed by atoms with E-state index in [4.69, 9.17) is 13.6 Å². The van der Waals surface area contributed by atoms with Gasteiger partial charge in [0.25, 0.3) is 0 Å². The molecule has 0 atom stereocenters. The van der Waals surface area contributed by atoms with Gasteiger partial charge in [0.2, 0.25) is 5.76 Å². The van der Waals surface area contributed by atoms with Gasteiger partial charge in [0, 0.05) is 11.5 Å². The molecule has 0 aliphatic rings. The van der Waals surface area contributed by atoms with Gasteiger partial charge in [-0.2, -0.15) is 0 Å². The van der Waals surface area contributed by atoms with Crippen molar-refractivity contribution in [3.05, 3.63) is 89.2 Å². The van der Waals surface area contributed by atoms with Gasteiger partial charge >= 0.3 is 11.6 Å².